The van der Waals surface area contributed by atoms with E-state index < -0.39 is 5.60 Å². The van der Waals surface area contributed by atoms with E-state index in [-0.39, 0.29) is 0 Å². The van der Waals surface area contributed by atoms with Gasteiger partial charge in [-0.25, -0.2) is 0 Å². The third kappa shape index (κ3) is 2.40. The standard InChI is InChI=1S/C16H24O/c1-3-12-16(17,4-2)15-11-6-5-10-14(15)13-8-7-9-13/h5-6,10-11,13,17H,3-4,7-9,12H2,1-2H3. The van der Waals surface area contributed by atoms with Crippen LogP contribution in [-0.4, -0.2) is 5.11 Å². The largest absolute Gasteiger partial charge is 0.385 e. The second-order valence-corrected chi connectivity index (χ2v) is 5.35. The van der Waals surface area contributed by atoms with E-state index in [9.17, 15) is 5.11 Å². The lowest BCUT2D eigenvalue weighted by Gasteiger charge is -2.34. The molecule has 17 heavy (non-hydrogen) atoms. The molecule has 1 heteroatoms. The van der Waals surface area contributed by atoms with E-state index in [0.717, 1.165) is 19.3 Å². The Morgan fingerprint density at radius 1 is 1.24 bits per heavy atom. The van der Waals surface area contributed by atoms with E-state index in [1.54, 1.807) is 0 Å². The van der Waals surface area contributed by atoms with E-state index in [0.29, 0.717) is 5.92 Å². The van der Waals surface area contributed by atoms with Crippen LogP contribution >= 0.6 is 0 Å². The van der Waals surface area contributed by atoms with Crippen LogP contribution in [0, 0.1) is 0 Å². The van der Waals surface area contributed by atoms with E-state index >= 15 is 0 Å². The predicted molar refractivity (Wildman–Crippen MR) is 72.1 cm³/mol. The first kappa shape index (κ1) is 12.6. The molecule has 0 radical (unpaired) electrons. The Bertz CT molecular complexity index is 368. The Morgan fingerprint density at radius 3 is 2.47 bits per heavy atom. The van der Waals surface area contributed by atoms with Gasteiger partial charge >= 0.3 is 0 Å². The van der Waals surface area contributed by atoms with Gasteiger partial charge in [-0.1, -0.05) is 51.0 Å². The molecule has 1 N–H and O–H groups in total. The van der Waals surface area contributed by atoms with Crippen LogP contribution in [0.4, 0.5) is 0 Å². The van der Waals surface area contributed by atoms with E-state index in [4.69, 9.17) is 0 Å². The molecular formula is C16H24O. The molecule has 0 bridgehead atoms. The van der Waals surface area contributed by atoms with Gasteiger partial charge < -0.3 is 5.11 Å². The molecule has 0 saturated heterocycles. The first-order valence-corrected chi connectivity index (χ1v) is 7.03. The summed E-state index contributed by atoms with van der Waals surface area (Å²) in [6, 6.07) is 8.52. The molecular weight excluding hydrogens is 208 g/mol. The van der Waals surface area contributed by atoms with Crippen molar-refractivity contribution < 1.29 is 5.11 Å². The molecule has 1 aromatic rings. The van der Waals surface area contributed by atoms with Crippen molar-refractivity contribution in [2.24, 2.45) is 0 Å². The highest BCUT2D eigenvalue weighted by Crippen LogP contribution is 2.42. The van der Waals surface area contributed by atoms with Gasteiger partial charge in [-0.15, -0.1) is 0 Å². The van der Waals surface area contributed by atoms with Crippen LogP contribution < -0.4 is 0 Å². The fourth-order valence-corrected chi connectivity index (χ4v) is 2.91. The first-order chi connectivity index (χ1) is 8.21. The fraction of sp³-hybridized carbons (Fsp3) is 0.625. The van der Waals surface area contributed by atoms with Gasteiger partial charge in [0.25, 0.3) is 0 Å². The maximum atomic E-state index is 10.8. The number of rotatable bonds is 5. The molecule has 1 aliphatic rings. The van der Waals surface area contributed by atoms with Gasteiger partial charge in [-0.3, -0.25) is 0 Å². The fourth-order valence-electron chi connectivity index (χ4n) is 2.91. The van der Waals surface area contributed by atoms with Crippen molar-refractivity contribution in [3.05, 3.63) is 35.4 Å². The number of hydrogen-bond acceptors (Lipinski definition) is 1. The summed E-state index contributed by atoms with van der Waals surface area (Å²) in [5, 5.41) is 10.8. The number of benzene rings is 1. The Morgan fingerprint density at radius 2 is 1.94 bits per heavy atom. The summed E-state index contributed by atoms with van der Waals surface area (Å²) in [7, 11) is 0. The summed E-state index contributed by atoms with van der Waals surface area (Å²) < 4.78 is 0. The van der Waals surface area contributed by atoms with Crippen molar-refractivity contribution in [3.63, 3.8) is 0 Å². The minimum atomic E-state index is -0.610. The molecule has 1 aromatic carbocycles. The molecule has 0 spiro atoms. The zero-order chi connectivity index (χ0) is 12.3. The van der Waals surface area contributed by atoms with Crippen LogP contribution in [0.5, 0.6) is 0 Å². The van der Waals surface area contributed by atoms with Gasteiger partial charge in [0.2, 0.25) is 0 Å². The van der Waals surface area contributed by atoms with Gasteiger partial charge in [-0.2, -0.15) is 0 Å². The van der Waals surface area contributed by atoms with Crippen molar-refractivity contribution in [3.8, 4) is 0 Å². The van der Waals surface area contributed by atoms with Gasteiger partial charge in [-0.05, 0) is 42.7 Å². The average molecular weight is 232 g/mol. The van der Waals surface area contributed by atoms with E-state index in [1.165, 1.54) is 30.4 Å². The van der Waals surface area contributed by atoms with Gasteiger partial charge in [0, 0.05) is 0 Å². The molecule has 1 unspecified atom stereocenters. The first-order valence-electron chi connectivity index (χ1n) is 7.03. The maximum Gasteiger partial charge on any atom is 0.0896 e. The zero-order valence-electron chi connectivity index (χ0n) is 11.1. The third-order valence-corrected chi connectivity index (χ3v) is 4.26. The van der Waals surface area contributed by atoms with E-state index in [2.05, 4.69) is 38.1 Å². The highest BCUT2D eigenvalue weighted by molar-refractivity contribution is 5.36. The van der Waals surface area contributed by atoms with Crippen LogP contribution in [0.15, 0.2) is 24.3 Å². The van der Waals surface area contributed by atoms with Crippen molar-refractivity contribution >= 4 is 0 Å². The second kappa shape index (κ2) is 5.22. The lowest BCUT2D eigenvalue weighted by Crippen LogP contribution is -2.27. The summed E-state index contributed by atoms with van der Waals surface area (Å²) in [5.74, 6) is 0.695. The minimum absolute atomic E-state index is 0.610. The Kier molecular flexibility index (Phi) is 3.88. The Labute approximate surface area is 105 Å². The Balaban J connectivity index is 2.35. The quantitative estimate of drug-likeness (QED) is 0.800. The molecule has 1 saturated carbocycles. The summed E-state index contributed by atoms with van der Waals surface area (Å²) in [6.07, 6.45) is 6.64. The van der Waals surface area contributed by atoms with Crippen molar-refractivity contribution in [2.45, 2.75) is 63.9 Å². The van der Waals surface area contributed by atoms with Crippen LogP contribution in [0.25, 0.3) is 0 Å². The van der Waals surface area contributed by atoms with Crippen LogP contribution in [0.2, 0.25) is 0 Å². The lowest BCUT2D eigenvalue weighted by molar-refractivity contribution is 0.0210. The second-order valence-electron chi connectivity index (χ2n) is 5.35. The third-order valence-electron chi connectivity index (χ3n) is 4.26. The van der Waals surface area contributed by atoms with Gasteiger partial charge in [0.05, 0.1) is 5.60 Å². The highest BCUT2D eigenvalue weighted by Gasteiger charge is 2.32. The Hall–Kier alpha value is -0.820. The zero-order valence-corrected chi connectivity index (χ0v) is 11.1. The van der Waals surface area contributed by atoms with Crippen molar-refractivity contribution in [1.29, 1.82) is 0 Å². The molecule has 0 heterocycles. The number of hydrogen-bond donors (Lipinski definition) is 1. The summed E-state index contributed by atoms with van der Waals surface area (Å²) in [5.41, 5.74) is 1.98. The molecule has 1 atom stereocenters. The van der Waals surface area contributed by atoms with E-state index in [1.807, 2.05) is 0 Å². The molecule has 1 fully saturated rings. The molecule has 0 aliphatic heterocycles. The monoisotopic (exact) mass is 232 g/mol. The topological polar surface area (TPSA) is 20.2 Å². The lowest BCUT2D eigenvalue weighted by atomic mass is 9.73. The molecule has 0 amide bonds. The molecule has 1 aliphatic carbocycles. The van der Waals surface area contributed by atoms with Crippen LogP contribution in [0.1, 0.15) is 69.4 Å². The van der Waals surface area contributed by atoms with Crippen LogP contribution in [0.3, 0.4) is 0 Å². The average Bonchev–Trinajstić information content (AvgIpc) is 2.28. The van der Waals surface area contributed by atoms with Gasteiger partial charge in [0.15, 0.2) is 0 Å². The summed E-state index contributed by atoms with van der Waals surface area (Å²) in [4.78, 5) is 0. The smallest absolute Gasteiger partial charge is 0.0896 e. The SMILES string of the molecule is CCCC(O)(CC)c1ccccc1C1CCC1. The predicted octanol–water partition coefficient (Wildman–Crippen LogP) is 4.35. The molecule has 0 aromatic heterocycles. The molecule has 94 valence electrons. The summed E-state index contributed by atoms with van der Waals surface area (Å²) in [6.45, 7) is 4.24. The highest BCUT2D eigenvalue weighted by atomic mass is 16.3. The molecule has 1 nitrogen and oxygen atoms in total. The van der Waals surface area contributed by atoms with Gasteiger partial charge in [0.1, 0.15) is 0 Å². The number of aliphatic hydroxyl groups is 1. The maximum absolute atomic E-state index is 10.8. The summed E-state index contributed by atoms with van der Waals surface area (Å²) >= 11 is 0. The minimum Gasteiger partial charge on any atom is -0.385 e. The van der Waals surface area contributed by atoms with Crippen LogP contribution in [-0.2, 0) is 5.60 Å². The molecule has 2 rings (SSSR count). The van der Waals surface area contributed by atoms with Crippen molar-refractivity contribution in [2.75, 3.05) is 0 Å². The van der Waals surface area contributed by atoms with Crippen molar-refractivity contribution in [1.82, 2.24) is 0 Å². The normalized spacial score (nSPS) is 19.7.